The van der Waals surface area contributed by atoms with Crippen molar-refractivity contribution in [3.8, 4) is 23.3 Å². The van der Waals surface area contributed by atoms with E-state index in [1.807, 2.05) is 32.0 Å². The Morgan fingerprint density at radius 3 is 2.38 bits per heavy atom. The molecule has 0 atom stereocenters. The lowest BCUT2D eigenvalue weighted by Gasteiger charge is -2.13. The molecule has 0 heterocycles. The lowest BCUT2D eigenvalue weighted by Crippen LogP contribution is -2.14. The highest BCUT2D eigenvalue weighted by Gasteiger charge is 2.24. The van der Waals surface area contributed by atoms with Crippen molar-refractivity contribution in [2.45, 2.75) is 13.8 Å². The molecule has 1 amide bonds. The number of nitriles is 1. The van der Waals surface area contributed by atoms with E-state index in [0.717, 1.165) is 29.3 Å². The molecule has 11 nitrogen and oxygen atoms in total. The molecule has 0 aliphatic rings. The van der Waals surface area contributed by atoms with Crippen molar-refractivity contribution in [2.24, 2.45) is 0 Å². The molecule has 1 N–H and O–H groups in total. The predicted molar refractivity (Wildman–Crippen MR) is 136 cm³/mol. The minimum Gasteiger partial charge on any atom is -0.493 e. The van der Waals surface area contributed by atoms with Gasteiger partial charge < -0.3 is 14.8 Å². The van der Waals surface area contributed by atoms with E-state index in [0.29, 0.717) is 11.3 Å². The zero-order chi connectivity index (χ0) is 27.3. The Kier molecular flexibility index (Phi) is 8.06. The van der Waals surface area contributed by atoms with Crippen molar-refractivity contribution in [1.82, 2.24) is 0 Å². The molecular weight excluding hydrogens is 504 g/mol. The molecule has 0 fully saturated rings. The van der Waals surface area contributed by atoms with Gasteiger partial charge >= 0.3 is 5.69 Å². The summed E-state index contributed by atoms with van der Waals surface area (Å²) < 4.78 is 10.9. The average Bonchev–Trinajstić information content (AvgIpc) is 2.85. The first-order valence-electron chi connectivity index (χ1n) is 10.5. The minimum absolute atomic E-state index is 0.0403. The van der Waals surface area contributed by atoms with Crippen LogP contribution in [0, 0.1) is 45.4 Å². The second kappa shape index (κ2) is 11.2. The predicted octanol–water partition coefficient (Wildman–Crippen LogP) is 6.12. The van der Waals surface area contributed by atoms with Gasteiger partial charge in [0, 0.05) is 11.8 Å². The highest BCUT2D eigenvalue weighted by Crippen LogP contribution is 2.43. The molecule has 3 rings (SSSR count). The van der Waals surface area contributed by atoms with Crippen LogP contribution in [0.3, 0.4) is 0 Å². The van der Waals surface area contributed by atoms with Gasteiger partial charge in [0.25, 0.3) is 11.6 Å². The third-order valence-corrected chi connectivity index (χ3v) is 5.40. The largest absolute Gasteiger partial charge is 0.493 e. The molecule has 0 spiro atoms. The van der Waals surface area contributed by atoms with E-state index >= 15 is 0 Å². The van der Waals surface area contributed by atoms with Crippen LogP contribution in [0.5, 0.6) is 17.2 Å². The molecule has 0 saturated carbocycles. The number of ether oxygens (including phenoxy) is 2. The fourth-order valence-electron chi connectivity index (χ4n) is 3.34. The molecule has 3 aromatic rings. The number of hydrogen-bond donors (Lipinski definition) is 1. The number of nitro groups is 2. The number of nitrogens with zero attached hydrogens (tertiary/aromatic N) is 3. The van der Waals surface area contributed by atoms with Crippen LogP contribution in [0.1, 0.15) is 16.7 Å². The summed E-state index contributed by atoms with van der Waals surface area (Å²) in [5, 5.41) is 34.6. The molecule has 0 unspecified atom stereocenters. The molecule has 3 aromatic carbocycles. The van der Waals surface area contributed by atoms with Crippen LogP contribution in [0.2, 0.25) is 5.02 Å². The van der Waals surface area contributed by atoms with Crippen LogP contribution in [-0.4, -0.2) is 22.9 Å². The Morgan fingerprint density at radius 2 is 1.78 bits per heavy atom. The second-order valence-electron chi connectivity index (χ2n) is 7.74. The maximum Gasteiger partial charge on any atom is 0.318 e. The highest BCUT2D eigenvalue weighted by atomic mass is 35.5. The van der Waals surface area contributed by atoms with E-state index in [4.69, 9.17) is 21.1 Å². The van der Waals surface area contributed by atoms with Gasteiger partial charge in [-0.05, 0) is 55.3 Å². The van der Waals surface area contributed by atoms with Crippen molar-refractivity contribution >= 4 is 40.6 Å². The van der Waals surface area contributed by atoms with E-state index in [-0.39, 0.29) is 27.8 Å². The Bertz CT molecular complexity index is 1500. The first kappa shape index (κ1) is 26.7. The normalized spacial score (nSPS) is 10.8. The van der Waals surface area contributed by atoms with Gasteiger partial charge in [0.05, 0.1) is 28.0 Å². The summed E-state index contributed by atoms with van der Waals surface area (Å²) in [7, 11) is 1.30. The number of rotatable bonds is 8. The summed E-state index contributed by atoms with van der Waals surface area (Å²) in [5.41, 5.74) is 1.39. The fraction of sp³-hybridized carbons (Fsp3) is 0.120. The average molecular weight is 523 g/mol. The monoisotopic (exact) mass is 522 g/mol. The van der Waals surface area contributed by atoms with E-state index < -0.39 is 27.1 Å². The molecule has 0 aromatic heterocycles. The first-order valence-corrected chi connectivity index (χ1v) is 10.9. The molecule has 12 heteroatoms. The van der Waals surface area contributed by atoms with Crippen LogP contribution in [0.15, 0.2) is 54.1 Å². The van der Waals surface area contributed by atoms with Gasteiger partial charge in [-0.2, -0.15) is 5.26 Å². The van der Waals surface area contributed by atoms with E-state index in [1.165, 1.54) is 25.3 Å². The van der Waals surface area contributed by atoms with Crippen molar-refractivity contribution in [3.63, 3.8) is 0 Å². The fourth-order valence-corrected chi connectivity index (χ4v) is 3.60. The number of non-ortho nitro benzene ring substituents is 1. The van der Waals surface area contributed by atoms with Crippen molar-refractivity contribution < 1.29 is 24.1 Å². The summed E-state index contributed by atoms with van der Waals surface area (Å²) in [4.78, 5) is 33.5. The third-order valence-electron chi connectivity index (χ3n) is 5.12. The van der Waals surface area contributed by atoms with Gasteiger partial charge in [-0.1, -0.05) is 29.3 Å². The van der Waals surface area contributed by atoms with Gasteiger partial charge in [-0.25, -0.2) is 0 Å². The summed E-state index contributed by atoms with van der Waals surface area (Å²) in [6.07, 6.45) is 1.30. The Hall–Kier alpha value is -4.95. The van der Waals surface area contributed by atoms with E-state index in [1.54, 1.807) is 6.07 Å². The van der Waals surface area contributed by atoms with Crippen LogP contribution in [0.25, 0.3) is 6.08 Å². The Labute approximate surface area is 215 Å². The SMILES string of the molecule is COc1cc(/C=C(\C#N)C(=O)Nc2ccc(C)cc2C)cc(Cl)c1Oc1ccc([N+](=O)[O-])cc1[N+](=O)[O-]. The minimum atomic E-state index is -0.826. The Morgan fingerprint density at radius 1 is 1.05 bits per heavy atom. The smallest absolute Gasteiger partial charge is 0.318 e. The van der Waals surface area contributed by atoms with Crippen LogP contribution in [-0.2, 0) is 4.79 Å². The van der Waals surface area contributed by atoms with E-state index in [2.05, 4.69) is 5.32 Å². The second-order valence-corrected chi connectivity index (χ2v) is 8.15. The van der Waals surface area contributed by atoms with Crippen molar-refractivity contribution in [2.75, 3.05) is 12.4 Å². The zero-order valence-electron chi connectivity index (χ0n) is 19.8. The summed E-state index contributed by atoms with van der Waals surface area (Å²) in [6, 6.07) is 13.0. The first-order chi connectivity index (χ1) is 17.5. The standard InChI is InChI=1S/C25H19ClN4O7/c1-14-4-6-20(15(2)8-14)28-25(31)17(13-27)9-16-10-19(26)24(23(11-16)36-3)37-22-7-5-18(29(32)33)12-21(22)30(34)35/h4-12H,1-3H3,(H,28,31)/b17-9+. The Balaban J connectivity index is 1.95. The summed E-state index contributed by atoms with van der Waals surface area (Å²) in [5.74, 6) is -0.994. The number of halogens is 1. The topological polar surface area (TPSA) is 158 Å². The molecular formula is C25H19ClN4O7. The number of nitro benzene ring substituents is 2. The third kappa shape index (κ3) is 6.19. The number of hydrogen-bond acceptors (Lipinski definition) is 8. The number of amides is 1. The lowest BCUT2D eigenvalue weighted by atomic mass is 10.1. The van der Waals surface area contributed by atoms with Crippen LogP contribution in [0.4, 0.5) is 17.1 Å². The zero-order valence-corrected chi connectivity index (χ0v) is 20.5. The van der Waals surface area contributed by atoms with E-state index in [9.17, 15) is 30.3 Å². The number of aryl methyl sites for hydroxylation is 2. The highest BCUT2D eigenvalue weighted by molar-refractivity contribution is 6.32. The summed E-state index contributed by atoms with van der Waals surface area (Å²) >= 11 is 6.35. The number of carbonyl (C=O) groups is 1. The molecule has 0 bridgehead atoms. The van der Waals surface area contributed by atoms with Crippen molar-refractivity contribution in [3.05, 3.63) is 96.0 Å². The maximum absolute atomic E-state index is 12.7. The molecule has 0 saturated heterocycles. The van der Waals surface area contributed by atoms with Crippen LogP contribution >= 0.6 is 11.6 Å². The summed E-state index contributed by atoms with van der Waals surface area (Å²) in [6.45, 7) is 3.75. The van der Waals surface area contributed by atoms with Gasteiger partial charge in [-0.3, -0.25) is 25.0 Å². The maximum atomic E-state index is 12.7. The molecule has 0 aliphatic carbocycles. The van der Waals surface area contributed by atoms with Gasteiger partial charge in [0.1, 0.15) is 11.6 Å². The van der Waals surface area contributed by atoms with Crippen molar-refractivity contribution in [1.29, 1.82) is 5.26 Å². The molecule has 0 radical (unpaired) electrons. The number of carbonyl (C=O) groups excluding carboxylic acids is 1. The molecule has 188 valence electrons. The van der Waals surface area contributed by atoms with Crippen LogP contribution < -0.4 is 14.8 Å². The molecule has 0 aliphatic heterocycles. The van der Waals surface area contributed by atoms with Gasteiger partial charge in [0.2, 0.25) is 5.75 Å². The van der Waals surface area contributed by atoms with Gasteiger partial charge in [0.15, 0.2) is 11.5 Å². The lowest BCUT2D eigenvalue weighted by molar-refractivity contribution is -0.394. The number of anilines is 1. The molecule has 37 heavy (non-hydrogen) atoms. The number of nitrogens with one attached hydrogen (secondary N) is 1. The quantitative estimate of drug-likeness (QED) is 0.160. The number of benzene rings is 3. The number of methoxy groups -OCH3 is 1. The van der Waals surface area contributed by atoms with Gasteiger partial charge in [-0.15, -0.1) is 0 Å².